The molecule has 2 heterocycles. The molecule has 4 atom stereocenters. The number of methoxy groups -OCH3 is 1. The summed E-state index contributed by atoms with van der Waals surface area (Å²) < 4.78 is 17.5. The van der Waals surface area contributed by atoms with Gasteiger partial charge in [0.25, 0.3) is 0 Å². The normalized spacial score (nSPS) is 43.7. The van der Waals surface area contributed by atoms with Gasteiger partial charge in [0.2, 0.25) is 0 Å². The summed E-state index contributed by atoms with van der Waals surface area (Å²) in [6.07, 6.45) is 7.90. The third-order valence-electron chi connectivity index (χ3n) is 4.77. The molecule has 0 bridgehead atoms. The molecule has 0 aromatic carbocycles. The first kappa shape index (κ1) is 13.2. The molecule has 0 aromatic rings. The van der Waals surface area contributed by atoms with Crippen molar-refractivity contribution in [1.82, 2.24) is 0 Å². The smallest absolute Gasteiger partial charge is 0.105 e. The predicted molar refractivity (Wildman–Crippen MR) is 73.8 cm³/mol. The van der Waals surface area contributed by atoms with Crippen molar-refractivity contribution in [2.24, 2.45) is 5.92 Å². The number of allylic oxidation sites excluding steroid dienone is 2. The maximum atomic E-state index is 6.06. The van der Waals surface area contributed by atoms with Crippen LogP contribution in [-0.4, -0.2) is 31.0 Å². The molecule has 2 fully saturated rings. The summed E-state index contributed by atoms with van der Waals surface area (Å²) in [4.78, 5) is 0. The van der Waals surface area contributed by atoms with Crippen molar-refractivity contribution in [2.45, 2.75) is 57.3 Å². The van der Waals surface area contributed by atoms with Crippen LogP contribution in [0.25, 0.3) is 0 Å². The number of hydrogen-bond acceptors (Lipinski definition) is 3. The van der Waals surface area contributed by atoms with E-state index >= 15 is 0 Å². The van der Waals surface area contributed by atoms with Crippen molar-refractivity contribution in [3.05, 3.63) is 23.5 Å². The van der Waals surface area contributed by atoms with E-state index in [1.807, 2.05) is 0 Å². The molecule has 1 unspecified atom stereocenters. The van der Waals surface area contributed by atoms with Crippen LogP contribution >= 0.6 is 0 Å². The molecular formula is C16H24O3. The summed E-state index contributed by atoms with van der Waals surface area (Å²) in [6.45, 7) is 7.33. The lowest BCUT2D eigenvalue weighted by molar-refractivity contribution is 0.0857. The number of ether oxygens (including phenoxy) is 3. The molecule has 0 N–H and O–H groups in total. The highest BCUT2D eigenvalue weighted by atomic mass is 16.6. The molecule has 106 valence electrons. The second-order valence-corrected chi connectivity index (χ2v) is 6.44. The summed E-state index contributed by atoms with van der Waals surface area (Å²) >= 11 is 0. The number of epoxide rings is 2. The van der Waals surface area contributed by atoms with E-state index in [0.717, 1.165) is 31.6 Å². The van der Waals surface area contributed by atoms with E-state index < -0.39 is 0 Å². The second kappa shape index (κ2) is 4.35. The van der Waals surface area contributed by atoms with Crippen molar-refractivity contribution < 1.29 is 14.2 Å². The van der Waals surface area contributed by atoms with Gasteiger partial charge in [-0.15, -0.1) is 0 Å². The summed E-state index contributed by atoms with van der Waals surface area (Å²) in [5, 5.41) is 0. The van der Waals surface area contributed by atoms with Gasteiger partial charge in [-0.1, -0.05) is 11.6 Å². The van der Waals surface area contributed by atoms with Gasteiger partial charge in [0.15, 0.2) is 0 Å². The van der Waals surface area contributed by atoms with Crippen molar-refractivity contribution in [3.63, 3.8) is 0 Å². The molecule has 3 rings (SSSR count). The van der Waals surface area contributed by atoms with E-state index in [1.165, 1.54) is 5.57 Å². The van der Waals surface area contributed by atoms with Gasteiger partial charge in [0.1, 0.15) is 17.0 Å². The number of hydrogen-bond donors (Lipinski definition) is 0. The first-order valence-corrected chi connectivity index (χ1v) is 7.21. The molecule has 0 aromatic heterocycles. The van der Waals surface area contributed by atoms with Gasteiger partial charge in [0.05, 0.1) is 25.7 Å². The van der Waals surface area contributed by atoms with E-state index in [9.17, 15) is 0 Å². The third kappa shape index (κ3) is 2.13. The average molecular weight is 264 g/mol. The van der Waals surface area contributed by atoms with Gasteiger partial charge >= 0.3 is 0 Å². The van der Waals surface area contributed by atoms with Gasteiger partial charge in [-0.05, 0) is 46.1 Å². The fraction of sp³-hybridized carbons (Fsp3) is 0.750. The molecular weight excluding hydrogens is 240 g/mol. The molecule has 1 spiro atoms. The lowest BCUT2D eigenvalue weighted by atomic mass is 9.73. The molecule has 3 heteroatoms. The largest absolute Gasteiger partial charge is 0.501 e. The van der Waals surface area contributed by atoms with Crippen molar-refractivity contribution >= 4 is 0 Å². The third-order valence-corrected chi connectivity index (χ3v) is 4.77. The van der Waals surface area contributed by atoms with Crippen LogP contribution in [0.3, 0.4) is 0 Å². The van der Waals surface area contributed by atoms with Crippen LogP contribution in [0.1, 0.15) is 40.0 Å². The Morgan fingerprint density at radius 1 is 1.53 bits per heavy atom. The maximum absolute atomic E-state index is 6.06. The highest BCUT2D eigenvalue weighted by molar-refractivity contribution is 5.27. The van der Waals surface area contributed by atoms with Crippen LogP contribution in [0.2, 0.25) is 0 Å². The molecule has 0 amide bonds. The Balaban J connectivity index is 1.79. The van der Waals surface area contributed by atoms with Crippen LogP contribution in [0, 0.1) is 5.92 Å². The molecule has 1 aliphatic carbocycles. The minimum Gasteiger partial charge on any atom is -0.501 e. The maximum Gasteiger partial charge on any atom is 0.105 e. The van der Waals surface area contributed by atoms with E-state index in [1.54, 1.807) is 7.11 Å². The van der Waals surface area contributed by atoms with Crippen molar-refractivity contribution in [1.29, 1.82) is 0 Å². The zero-order valence-electron chi connectivity index (χ0n) is 12.4. The van der Waals surface area contributed by atoms with E-state index in [4.69, 9.17) is 14.2 Å². The first-order valence-electron chi connectivity index (χ1n) is 7.21. The van der Waals surface area contributed by atoms with Gasteiger partial charge in [-0.25, -0.2) is 0 Å². The minimum atomic E-state index is -0.120. The standard InChI is InChI=1S/C16H24O3/c1-11(2)7-8-13-15(3,19-13)14-12(17-4)6-5-9-16(14)10-18-16/h6-7,13-14H,5,8-10H2,1-4H3/t13-,14-,15?,16+/m1/s1. The van der Waals surface area contributed by atoms with Crippen molar-refractivity contribution in [2.75, 3.05) is 13.7 Å². The summed E-state index contributed by atoms with van der Waals surface area (Å²) in [7, 11) is 1.76. The molecule has 0 radical (unpaired) electrons. The van der Waals surface area contributed by atoms with Crippen molar-refractivity contribution in [3.8, 4) is 0 Å². The van der Waals surface area contributed by atoms with E-state index in [0.29, 0.717) is 6.10 Å². The minimum absolute atomic E-state index is 0.00539. The topological polar surface area (TPSA) is 34.3 Å². The van der Waals surface area contributed by atoms with Gasteiger partial charge in [0, 0.05) is 0 Å². The zero-order chi connectivity index (χ0) is 13.7. The highest BCUT2D eigenvalue weighted by Crippen LogP contribution is 2.59. The first-order chi connectivity index (χ1) is 9.02. The second-order valence-electron chi connectivity index (χ2n) is 6.44. The van der Waals surface area contributed by atoms with Crippen LogP contribution in [-0.2, 0) is 14.2 Å². The Labute approximate surface area is 115 Å². The lowest BCUT2D eigenvalue weighted by Crippen LogP contribution is -2.41. The predicted octanol–water partition coefficient (Wildman–Crippen LogP) is 3.21. The van der Waals surface area contributed by atoms with Gasteiger partial charge in [-0.3, -0.25) is 0 Å². The quantitative estimate of drug-likeness (QED) is 0.577. The number of rotatable bonds is 4. The Hall–Kier alpha value is -0.800. The highest BCUT2D eigenvalue weighted by Gasteiger charge is 2.69. The van der Waals surface area contributed by atoms with Gasteiger partial charge in [-0.2, -0.15) is 0 Å². The summed E-state index contributed by atoms with van der Waals surface area (Å²) in [5.74, 6) is 1.32. The fourth-order valence-corrected chi connectivity index (χ4v) is 3.54. The SMILES string of the molecule is COC1=CCC[C@]2(CO2)[C@H]1C1(C)O[C@@H]1CC=C(C)C. The van der Waals surface area contributed by atoms with E-state index in [2.05, 4.69) is 32.9 Å². The van der Waals surface area contributed by atoms with E-state index in [-0.39, 0.29) is 17.1 Å². The Bertz CT molecular complexity index is 429. The van der Waals surface area contributed by atoms with Crippen LogP contribution in [0.4, 0.5) is 0 Å². The van der Waals surface area contributed by atoms with Crippen LogP contribution in [0.5, 0.6) is 0 Å². The monoisotopic (exact) mass is 264 g/mol. The lowest BCUT2D eigenvalue weighted by Gasteiger charge is -2.32. The molecule has 0 saturated carbocycles. The average Bonchev–Trinajstić information content (AvgIpc) is 3.26. The summed E-state index contributed by atoms with van der Waals surface area (Å²) in [6, 6.07) is 0. The molecule has 2 saturated heterocycles. The molecule has 3 aliphatic rings. The van der Waals surface area contributed by atoms with Crippen LogP contribution < -0.4 is 0 Å². The van der Waals surface area contributed by atoms with Crippen LogP contribution in [0.15, 0.2) is 23.5 Å². The fourth-order valence-electron chi connectivity index (χ4n) is 3.54. The molecule has 3 nitrogen and oxygen atoms in total. The Kier molecular flexibility index (Phi) is 3.02. The summed E-state index contributed by atoms with van der Waals surface area (Å²) in [5.41, 5.74) is 1.22. The Morgan fingerprint density at radius 2 is 2.26 bits per heavy atom. The molecule has 19 heavy (non-hydrogen) atoms. The molecule has 2 aliphatic heterocycles. The zero-order valence-corrected chi connectivity index (χ0v) is 12.4. The van der Waals surface area contributed by atoms with Gasteiger partial charge < -0.3 is 14.2 Å². The Morgan fingerprint density at radius 3 is 2.84 bits per heavy atom.